The van der Waals surface area contributed by atoms with Crippen molar-refractivity contribution in [3.05, 3.63) is 23.8 Å². The SMILES string of the molecule is CCN(CC)CC(C)Nc1ccc(C#N)cc1N. The van der Waals surface area contributed by atoms with Crippen molar-refractivity contribution in [3.63, 3.8) is 0 Å². The van der Waals surface area contributed by atoms with Crippen LogP contribution in [-0.2, 0) is 0 Å². The molecule has 1 unspecified atom stereocenters. The number of anilines is 2. The Morgan fingerprint density at radius 2 is 2.06 bits per heavy atom. The van der Waals surface area contributed by atoms with E-state index >= 15 is 0 Å². The zero-order valence-corrected chi connectivity index (χ0v) is 11.4. The van der Waals surface area contributed by atoms with Gasteiger partial charge in [-0.15, -0.1) is 0 Å². The molecule has 1 aromatic carbocycles. The van der Waals surface area contributed by atoms with E-state index in [1.54, 1.807) is 12.1 Å². The first-order valence-corrected chi connectivity index (χ1v) is 6.39. The van der Waals surface area contributed by atoms with Crippen molar-refractivity contribution in [3.8, 4) is 6.07 Å². The molecule has 0 aromatic heterocycles. The van der Waals surface area contributed by atoms with E-state index in [4.69, 9.17) is 11.0 Å². The van der Waals surface area contributed by atoms with Crippen LogP contribution < -0.4 is 11.1 Å². The van der Waals surface area contributed by atoms with Crippen molar-refractivity contribution in [1.82, 2.24) is 4.90 Å². The summed E-state index contributed by atoms with van der Waals surface area (Å²) in [6.45, 7) is 9.53. The second-order valence-corrected chi connectivity index (χ2v) is 4.45. The second kappa shape index (κ2) is 6.87. The van der Waals surface area contributed by atoms with Crippen LogP contribution in [0.1, 0.15) is 26.3 Å². The molecule has 0 aliphatic rings. The predicted molar refractivity (Wildman–Crippen MR) is 76.4 cm³/mol. The van der Waals surface area contributed by atoms with E-state index in [2.05, 4.69) is 37.1 Å². The summed E-state index contributed by atoms with van der Waals surface area (Å²) in [6.07, 6.45) is 0. The Kier molecular flexibility index (Phi) is 5.47. The van der Waals surface area contributed by atoms with E-state index in [1.807, 2.05) is 6.07 Å². The van der Waals surface area contributed by atoms with Crippen molar-refractivity contribution in [2.24, 2.45) is 0 Å². The summed E-state index contributed by atoms with van der Waals surface area (Å²) in [7, 11) is 0. The Balaban J connectivity index is 2.65. The van der Waals surface area contributed by atoms with Gasteiger partial charge < -0.3 is 16.0 Å². The molecule has 0 bridgehead atoms. The lowest BCUT2D eigenvalue weighted by atomic mass is 10.1. The van der Waals surface area contributed by atoms with Crippen molar-refractivity contribution in [1.29, 1.82) is 5.26 Å². The lowest BCUT2D eigenvalue weighted by molar-refractivity contribution is 0.295. The molecule has 1 atom stereocenters. The smallest absolute Gasteiger partial charge is 0.0992 e. The molecule has 18 heavy (non-hydrogen) atoms. The van der Waals surface area contributed by atoms with E-state index in [1.165, 1.54) is 0 Å². The normalized spacial score (nSPS) is 12.2. The first kappa shape index (κ1) is 14.3. The van der Waals surface area contributed by atoms with Crippen LogP contribution in [0.3, 0.4) is 0 Å². The van der Waals surface area contributed by atoms with Gasteiger partial charge in [0.05, 0.1) is 23.0 Å². The molecule has 1 aromatic rings. The molecule has 0 saturated heterocycles. The molecule has 4 nitrogen and oxygen atoms in total. The number of nitriles is 1. The van der Waals surface area contributed by atoms with E-state index in [0.29, 0.717) is 17.3 Å². The monoisotopic (exact) mass is 246 g/mol. The summed E-state index contributed by atoms with van der Waals surface area (Å²) in [5.74, 6) is 0. The third kappa shape index (κ3) is 3.94. The minimum Gasteiger partial charge on any atom is -0.397 e. The van der Waals surface area contributed by atoms with Gasteiger partial charge >= 0.3 is 0 Å². The molecule has 4 heteroatoms. The summed E-state index contributed by atoms with van der Waals surface area (Å²) >= 11 is 0. The number of hydrogen-bond donors (Lipinski definition) is 2. The van der Waals surface area contributed by atoms with Crippen LogP contribution in [0.2, 0.25) is 0 Å². The summed E-state index contributed by atoms with van der Waals surface area (Å²) in [6, 6.07) is 7.75. The molecule has 0 fully saturated rings. The molecule has 1 rings (SSSR count). The fourth-order valence-corrected chi connectivity index (χ4v) is 1.94. The molecule has 3 N–H and O–H groups in total. The van der Waals surface area contributed by atoms with Gasteiger partial charge in [-0.05, 0) is 38.2 Å². The molecular weight excluding hydrogens is 224 g/mol. The van der Waals surface area contributed by atoms with Gasteiger partial charge in [0.25, 0.3) is 0 Å². The molecular formula is C14H22N4. The van der Waals surface area contributed by atoms with E-state index in [-0.39, 0.29) is 0 Å². The Labute approximate surface area is 109 Å². The fraction of sp³-hybridized carbons (Fsp3) is 0.500. The third-order valence-corrected chi connectivity index (χ3v) is 3.01. The number of nitrogens with two attached hydrogens (primary N) is 1. The molecule has 0 amide bonds. The van der Waals surface area contributed by atoms with Gasteiger partial charge in [0, 0.05) is 12.6 Å². The van der Waals surface area contributed by atoms with Gasteiger partial charge in [0.2, 0.25) is 0 Å². The van der Waals surface area contributed by atoms with E-state index < -0.39 is 0 Å². The third-order valence-electron chi connectivity index (χ3n) is 3.01. The quantitative estimate of drug-likeness (QED) is 0.756. The van der Waals surface area contributed by atoms with Gasteiger partial charge in [0.15, 0.2) is 0 Å². The minimum absolute atomic E-state index is 0.320. The zero-order valence-electron chi connectivity index (χ0n) is 11.4. The number of nitrogen functional groups attached to an aromatic ring is 1. The Morgan fingerprint density at radius 1 is 1.39 bits per heavy atom. The molecule has 0 aliphatic heterocycles. The maximum Gasteiger partial charge on any atom is 0.0992 e. The molecule has 0 radical (unpaired) electrons. The van der Waals surface area contributed by atoms with Crippen molar-refractivity contribution in [2.45, 2.75) is 26.8 Å². The lowest BCUT2D eigenvalue weighted by Gasteiger charge is -2.24. The lowest BCUT2D eigenvalue weighted by Crippen LogP contribution is -2.34. The first-order valence-electron chi connectivity index (χ1n) is 6.39. The molecule has 0 spiro atoms. The first-order chi connectivity index (χ1) is 8.60. The largest absolute Gasteiger partial charge is 0.397 e. The Bertz CT molecular complexity index is 418. The van der Waals surface area contributed by atoms with Gasteiger partial charge in [-0.3, -0.25) is 0 Å². The maximum atomic E-state index is 8.78. The van der Waals surface area contributed by atoms with Crippen LogP contribution in [0.4, 0.5) is 11.4 Å². The summed E-state index contributed by atoms with van der Waals surface area (Å²) in [5, 5.41) is 12.2. The van der Waals surface area contributed by atoms with Crippen LogP contribution in [0.5, 0.6) is 0 Å². The second-order valence-electron chi connectivity index (χ2n) is 4.45. The summed E-state index contributed by atoms with van der Waals surface area (Å²) in [4.78, 5) is 2.36. The molecule has 0 aliphatic carbocycles. The van der Waals surface area contributed by atoms with Crippen molar-refractivity contribution in [2.75, 3.05) is 30.7 Å². The van der Waals surface area contributed by atoms with Gasteiger partial charge in [0.1, 0.15) is 0 Å². The topological polar surface area (TPSA) is 65.1 Å². The van der Waals surface area contributed by atoms with Crippen LogP contribution in [0.15, 0.2) is 18.2 Å². The predicted octanol–water partition coefficient (Wildman–Crippen LogP) is 2.28. The number of benzene rings is 1. The highest BCUT2D eigenvalue weighted by molar-refractivity contribution is 5.68. The molecule has 0 saturated carbocycles. The van der Waals surface area contributed by atoms with Crippen LogP contribution in [-0.4, -0.2) is 30.6 Å². The molecule has 0 heterocycles. The average molecular weight is 246 g/mol. The highest BCUT2D eigenvalue weighted by Crippen LogP contribution is 2.20. The number of hydrogen-bond acceptors (Lipinski definition) is 4. The maximum absolute atomic E-state index is 8.78. The van der Waals surface area contributed by atoms with Crippen molar-refractivity contribution < 1.29 is 0 Å². The fourth-order valence-electron chi connectivity index (χ4n) is 1.94. The highest BCUT2D eigenvalue weighted by atomic mass is 15.1. The Morgan fingerprint density at radius 3 is 2.56 bits per heavy atom. The van der Waals surface area contributed by atoms with Crippen molar-refractivity contribution >= 4 is 11.4 Å². The zero-order chi connectivity index (χ0) is 13.5. The van der Waals surface area contributed by atoms with E-state index in [0.717, 1.165) is 25.3 Å². The highest BCUT2D eigenvalue weighted by Gasteiger charge is 2.08. The van der Waals surface area contributed by atoms with Gasteiger partial charge in [-0.25, -0.2) is 0 Å². The Hall–Kier alpha value is -1.73. The number of rotatable bonds is 6. The minimum atomic E-state index is 0.320. The number of nitrogens with zero attached hydrogens (tertiary/aromatic N) is 2. The summed E-state index contributed by atoms with van der Waals surface area (Å²) < 4.78 is 0. The standard InChI is InChI=1S/C14H22N4/c1-4-18(5-2)10-11(3)17-14-7-6-12(9-15)8-13(14)16/h6-8,11,17H,4-5,10,16H2,1-3H3. The van der Waals surface area contributed by atoms with Crippen LogP contribution in [0, 0.1) is 11.3 Å². The van der Waals surface area contributed by atoms with Gasteiger partial charge in [-0.1, -0.05) is 13.8 Å². The summed E-state index contributed by atoms with van der Waals surface area (Å²) in [5.41, 5.74) is 8.03. The van der Waals surface area contributed by atoms with Crippen LogP contribution in [0.25, 0.3) is 0 Å². The number of likely N-dealkylation sites (N-methyl/N-ethyl adjacent to an activating group) is 1. The van der Waals surface area contributed by atoms with E-state index in [9.17, 15) is 0 Å². The van der Waals surface area contributed by atoms with Crippen LogP contribution >= 0.6 is 0 Å². The molecule has 98 valence electrons. The number of nitrogens with one attached hydrogen (secondary N) is 1. The average Bonchev–Trinajstić information content (AvgIpc) is 2.38. The van der Waals surface area contributed by atoms with Gasteiger partial charge in [-0.2, -0.15) is 5.26 Å².